The fourth-order valence-electron chi connectivity index (χ4n) is 3.00. The molecule has 1 aliphatic rings. The van der Waals surface area contributed by atoms with E-state index >= 15 is 0 Å². The molecule has 21 heavy (non-hydrogen) atoms. The molecule has 1 saturated heterocycles. The highest BCUT2D eigenvalue weighted by Gasteiger charge is 2.33. The summed E-state index contributed by atoms with van der Waals surface area (Å²) < 4.78 is 24.6. The molecule has 0 spiro atoms. The first-order valence-corrected chi connectivity index (χ1v) is 9.99. The van der Waals surface area contributed by atoms with Gasteiger partial charge in [-0.25, -0.2) is 13.4 Å². The molecule has 0 aliphatic carbocycles. The highest BCUT2D eigenvalue weighted by molar-refractivity contribution is 7.91. The van der Waals surface area contributed by atoms with Gasteiger partial charge in [0.05, 0.1) is 26.7 Å². The lowest BCUT2D eigenvalue weighted by Crippen LogP contribution is -2.38. The average Bonchev–Trinajstić information content (AvgIpc) is 3.00. The minimum Gasteiger partial charge on any atom is -0.314 e. The van der Waals surface area contributed by atoms with Gasteiger partial charge in [-0.15, -0.1) is 11.3 Å². The molecule has 2 unspecified atom stereocenters. The largest absolute Gasteiger partial charge is 0.314 e. The fraction of sp³-hybridized carbons (Fsp3) is 0.533. The average molecular weight is 324 g/mol. The first kappa shape index (κ1) is 14.9. The van der Waals surface area contributed by atoms with Crippen LogP contribution in [0, 0.1) is 5.92 Å². The van der Waals surface area contributed by atoms with Crippen molar-refractivity contribution in [1.82, 2.24) is 10.3 Å². The Morgan fingerprint density at radius 3 is 2.90 bits per heavy atom. The minimum absolute atomic E-state index is 0.202. The van der Waals surface area contributed by atoms with Crippen LogP contribution in [0.1, 0.15) is 18.4 Å². The van der Waals surface area contributed by atoms with Crippen molar-refractivity contribution in [1.29, 1.82) is 0 Å². The molecule has 0 radical (unpaired) electrons. The number of hydrogen-bond acceptors (Lipinski definition) is 5. The van der Waals surface area contributed by atoms with E-state index in [-0.39, 0.29) is 12.0 Å². The number of sulfone groups is 1. The first-order valence-electron chi connectivity index (χ1n) is 7.35. The van der Waals surface area contributed by atoms with Gasteiger partial charge < -0.3 is 5.32 Å². The number of nitrogens with zero attached hydrogens (tertiary/aromatic N) is 1. The number of para-hydroxylation sites is 1. The quantitative estimate of drug-likeness (QED) is 0.916. The third-order valence-electron chi connectivity index (χ3n) is 4.04. The fourth-order valence-corrected chi connectivity index (χ4v) is 5.91. The van der Waals surface area contributed by atoms with E-state index in [1.54, 1.807) is 11.3 Å². The summed E-state index contributed by atoms with van der Waals surface area (Å²) in [5, 5.41) is 4.55. The molecule has 2 atom stereocenters. The van der Waals surface area contributed by atoms with E-state index in [0.29, 0.717) is 11.5 Å². The molecule has 0 saturated carbocycles. The van der Waals surface area contributed by atoms with E-state index in [1.165, 1.54) is 4.70 Å². The van der Waals surface area contributed by atoms with Crippen LogP contribution in [0.15, 0.2) is 24.3 Å². The van der Waals surface area contributed by atoms with Gasteiger partial charge in [-0.1, -0.05) is 19.1 Å². The minimum atomic E-state index is -2.83. The molecule has 1 aromatic heterocycles. The molecule has 4 nitrogen and oxygen atoms in total. The summed E-state index contributed by atoms with van der Waals surface area (Å²) in [6.07, 6.45) is 1.58. The zero-order valence-corrected chi connectivity index (χ0v) is 13.7. The molecule has 2 heterocycles. The van der Waals surface area contributed by atoms with Crippen molar-refractivity contribution in [2.24, 2.45) is 5.92 Å². The van der Waals surface area contributed by atoms with Crippen molar-refractivity contribution < 1.29 is 8.42 Å². The van der Waals surface area contributed by atoms with Crippen LogP contribution in [-0.2, 0) is 16.3 Å². The molecule has 1 aromatic carbocycles. The number of nitrogens with one attached hydrogen (secondary N) is 1. The van der Waals surface area contributed by atoms with Gasteiger partial charge >= 0.3 is 0 Å². The second kappa shape index (κ2) is 6.02. The smallest absolute Gasteiger partial charge is 0.150 e. The summed E-state index contributed by atoms with van der Waals surface area (Å²) in [5.74, 6) is 0.858. The van der Waals surface area contributed by atoms with Crippen LogP contribution in [0.3, 0.4) is 0 Å². The summed E-state index contributed by atoms with van der Waals surface area (Å²) in [7, 11) is -2.83. The van der Waals surface area contributed by atoms with Crippen molar-refractivity contribution in [3.8, 4) is 0 Å². The molecule has 114 valence electrons. The first-order chi connectivity index (χ1) is 10.1. The van der Waals surface area contributed by atoms with Gasteiger partial charge in [0.1, 0.15) is 0 Å². The predicted molar refractivity (Wildman–Crippen MR) is 87.5 cm³/mol. The van der Waals surface area contributed by atoms with E-state index in [4.69, 9.17) is 0 Å². The molecule has 6 heteroatoms. The highest BCUT2D eigenvalue weighted by Crippen LogP contribution is 2.27. The number of rotatable bonds is 5. The number of hydrogen-bond donors (Lipinski definition) is 1. The molecule has 1 fully saturated rings. The molecule has 2 aromatic rings. The Balaban J connectivity index is 1.78. The Bertz CT molecular complexity index is 691. The maximum absolute atomic E-state index is 11.7. The van der Waals surface area contributed by atoms with Crippen molar-refractivity contribution in [2.45, 2.75) is 25.8 Å². The number of fused-ring (bicyclic) bond motifs is 1. The van der Waals surface area contributed by atoms with Crippen LogP contribution in [0.5, 0.6) is 0 Å². The van der Waals surface area contributed by atoms with E-state index in [0.717, 1.165) is 29.9 Å². The van der Waals surface area contributed by atoms with Crippen LogP contribution < -0.4 is 5.32 Å². The van der Waals surface area contributed by atoms with Crippen LogP contribution in [0.2, 0.25) is 0 Å². The zero-order chi connectivity index (χ0) is 14.9. The standard InChI is InChI=1S/C15H20N2O2S2/c1-2-16-13(11-7-8-21(18,19)10-11)9-15-17-12-5-3-4-6-14(12)20-15/h3-6,11,13,16H,2,7-10H2,1H3. The van der Waals surface area contributed by atoms with E-state index < -0.39 is 9.84 Å². The topological polar surface area (TPSA) is 59.1 Å². The lowest BCUT2D eigenvalue weighted by atomic mass is 9.96. The maximum Gasteiger partial charge on any atom is 0.150 e. The van der Waals surface area contributed by atoms with Gasteiger partial charge in [-0.2, -0.15) is 0 Å². The maximum atomic E-state index is 11.7. The van der Waals surface area contributed by atoms with Crippen LogP contribution in [0.25, 0.3) is 10.2 Å². The SMILES string of the molecule is CCNC(Cc1nc2ccccc2s1)C1CCS(=O)(=O)C1. The van der Waals surface area contributed by atoms with Gasteiger partial charge in [0.25, 0.3) is 0 Å². The third-order valence-corrected chi connectivity index (χ3v) is 6.89. The molecular formula is C15H20N2O2S2. The Morgan fingerprint density at radius 1 is 1.43 bits per heavy atom. The van der Waals surface area contributed by atoms with Gasteiger partial charge in [0.2, 0.25) is 0 Å². The van der Waals surface area contributed by atoms with Crippen molar-refractivity contribution >= 4 is 31.4 Å². The van der Waals surface area contributed by atoms with E-state index in [9.17, 15) is 8.42 Å². The van der Waals surface area contributed by atoms with E-state index in [1.807, 2.05) is 18.2 Å². The van der Waals surface area contributed by atoms with Crippen LogP contribution in [0.4, 0.5) is 0 Å². The van der Waals surface area contributed by atoms with Crippen molar-refractivity contribution in [2.75, 3.05) is 18.1 Å². The normalized spacial score (nSPS) is 22.6. The summed E-state index contributed by atoms with van der Waals surface area (Å²) in [4.78, 5) is 4.67. The Kier molecular flexibility index (Phi) is 4.28. The van der Waals surface area contributed by atoms with Crippen LogP contribution in [-0.4, -0.2) is 37.5 Å². The number of likely N-dealkylation sites (N-methyl/N-ethyl adjacent to an activating group) is 1. The Labute approximate surface area is 129 Å². The molecular weight excluding hydrogens is 304 g/mol. The Hall–Kier alpha value is -0.980. The van der Waals surface area contributed by atoms with Crippen molar-refractivity contribution in [3.05, 3.63) is 29.3 Å². The Morgan fingerprint density at radius 2 is 2.24 bits per heavy atom. The van der Waals surface area contributed by atoms with E-state index in [2.05, 4.69) is 23.3 Å². The van der Waals surface area contributed by atoms with Crippen LogP contribution >= 0.6 is 11.3 Å². The third kappa shape index (κ3) is 3.44. The molecule has 1 aliphatic heterocycles. The molecule has 0 bridgehead atoms. The van der Waals surface area contributed by atoms with Gasteiger partial charge in [0, 0.05) is 12.5 Å². The molecule has 0 amide bonds. The summed E-state index contributed by atoms with van der Waals surface area (Å²) in [6.45, 7) is 2.92. The zero-order valence-electron chi connectivity index (χ0n) is 12.1. The lowest BCUT2D eigenvalue weighted by molar-refractivity contribution is 0.386. The number of thiazole rings is 1. The molecule has 1 N–H and O–H groups in total. The van der Waals surface area contributed by atoms with Crippen molar-refractivity contribution in [3.63, 3.8) is 0 Å². The van der Waals surface area contributed by atoms with Gasteiger partial charge in [-0.3, -0.25) is 0 Å². The van der Waals surface area contributed by atoms with Gasteiger partial charge in [-0.05, 0) is 31.0 Å². The number of aromatic nitrogens is 1. The summed E-state index contributed by atoms with van der Waals surface area (Å²) in [6, 6.07) is 8.33. The highest BCUT2D eigenvalue weighted by atomic mass is 32.2. The summed E-state index contributed by atoms with van der Waals surface area (Å²) in [5.41, 5.74) is 1.03. The second-order valence-corrected chi connectivity index (χ2v) is 8.95. The number of benzene rings is 1. The second-order valence-electron chi connectivity index (χ2n) is 5.61. The monoisotopic (exact) mass is 324 g/mol. The summed E-state index contributed by atoms with van der Waals surface area (Å²) >= 11 is 1.71. The lowest BCUT2D eigenvalue weighted by Gasteiger charge is -2.22. The van der Waals surface area contributed by atoms with Gasteiger partial charge in [0.15, 0.2) is 9.84 Å². The molecule has 3 rings (SSSR count). The predicted octanol–water partition coefficient (Wildman–Crippen LogP) is 2.25.